The molecule has 5 aromatic heterocycles. The van der Waals surface area contributed by atoms with Gasteiger partial charge in [0.25, 0.3) is 5.89 Å². The number of aromatic amines is 1. The fraction of sp³-hybridized carbons (Fsp3) is 0.200. The van der Waals surface area contributed by atoms with Crippen LogP contribution in [0.25, 0.3) is 17.0 Å². The Hall–Kier alpha value is -4.49. The first-order valence-electron chi connectivity index (χ1n) is 10.1. The lowest BCUT2D eigenvalue weighted by Crippen LogP contribution is -2.41. The van der Waals surface area contributed by atoms with Crippen molar-refractivity contribution in [3.8, 4) is 11.5 Å². The third kappa shape index (κ3) is 3.22. The number of aromatic nitrogens is 8. The first-order valence-corrected chi connectivity index (χ1v) is 10.1. The third-order valence-electron chi connectivity index (χ3n) is 5.55. The van der Waals surface area contributed by atoms with Crippen LogP contribution in [0.4, 0.5) is 13.2 Å². The maximum atomic E-state index is 13.4. The number of hydrogen-bond donors (Lipinski definition) is 1. The Balaban J connectivity index is 1.35. The van der Waals surface area contributed by atoms with Crippen LogP contribution in [0.3, 0.4) is 0 Å². The van der Waals surface area contributed by atoms with Gasteiger partial charge in [0.05, 0.1) is 35.0 Å². The van der Waals surface area contributed by atoms with Gasteiger partial charge >= 0.3 is 18.1 Å². The van der Waals surface area contributed by atoms with Gasteiger partial charge in [-0.25, -0.2) is 9.50 Å². The van der Waals surface area contributed by atoms with E-state index in [0.717, 1.165) is 17.4 Å². The molecule has 0 bridgehead atoms. The summed E-state index contributed by atoms with van der Waals surface area (Å²) in [4.78, 5) is 22.4. The lowest BCUT2D eigenvalue weighted by Gasteiger charge is -2.32. The molecule has 0 aliphatic carbocycles. The molecule has 0 saturated heterocycles. The molecule has 0 spiro atoms. The van der Waals surface area contributed by atoms with Crippen molar-refractivity contribution in [2.45, 2.75) is 18.8 Å². The van der Waals surface area contributed by atoms with Crippen LogP contribution in [0.5, 0.6) is 0 Å². The Labute approximate surface area is 187 Å². The summed E-state index contributed by atoms with van der Waals surface area (Å²) in [5.74, 6) is -1.19. The lowest BCUT2D eigenvalue weighted by molar-refractivity contribution is -0.212. The zero-order valence-corrected chi connectivity index (χ0v) is 17.1. The Morgan fingerprint density at radius 3 is 2.91 bits per heavy atom. The number of carbonyl (C=O) groups excluding carboxylic acids is 1. The minimum Gasteiger partial charge on any atom is -0.412 e. The number of carbonyl (C=O) groups is 1. The molecule has 6 heterocycles. The van der Waals surface area contributed by atoms with E-state index >= 15 is 0 Å². The average Bonchev–Trinajstić information content (AvgIpc) is 3.61. The van der Waals surface area contributed by atoms with Gasteiger partial charge in [0.15, 0.2) is 0 Å². The summed E-state index contributed by atoms with van der Waals surface area (Å²) in [6.07, 6.45) is 0.830. The van der Waals surface area contributed by atoms with Gasteiger partial charge in [-0.05, 0) is 18.2 Å². The van der Waals surface area contributed by atoms with Crippen LogP contribution in [0.15, 0.2) is 53.6 Å². The number of imidazole rings is 1. The van der Waals surface area contributed by atoms with Crippen molar-refractivity contribution in [3.63, 3.8) is 0 Å². The summed E-state index contributed by atoms with van der Waals surface area (Å²) in [5, 5.41) is 15.4. The van der Waals surface area contributed by atoms with E-state index in [1.54, 1.807) is 17.0 Å². The highest BCUT2D eigenvalue weighted by Crippen LogP contribution is 2.34. The average molecular weight is 469 g/mol. The molecule has 0 aromatic carbocycles. The number of fused-ring (bicyclic) bond motifs is 2. The largest absolute Gasteiger partial charge is 0.504 e. The number of nitrogens with zero attached hydrogens (tertiary/aromatic N) is 8. The van der Waals surface area contributed by atoms with Crippen molar-refractivity contribution in [2.24, 2.45) is 0 Å². The number of rotatable bonds is 3. The van der Waals surface area contributed by atoms with Gasteiger partial charge in [-0.15, -0.1) is 23.4 Å². The molecule has 172 valence electrons. The molecule has 34 heavy (non-hydrogen) atoms. The molecule has 0 unspecified atom stereocenters. The molecule has 1 aliphatic rings. The van der Waals surface area contributed by atoms with E-state index in [0.29, 0.717) is 30.6 Å². The van der Waals surface area contributed by atoms with Gasteiger partial charge in [-0.1, -0.05) is 6.07 Å². The van der Waals surface area contributed by atoms with Crippen LogP contribution >= 0.6 is 0 Å². The quantitative estimate of drug-likeness (QED) is 0.431. The van der Waals surface area contributed by atoms with Gasteiger partial charge in [0.2, 0.25) is 0 Å². The summed E-state index contributed by atoms with van der Waals surface area (Å²) in [7, 11) is 0. The second-order valence-corrected chi connectivity index (χ2v) is 7.61. The molecule has 1 aliphatic heterocycles. The minimum absolute atomic E-state index is 0.0611. The summed E-state index contributed by atoms with van der Waals surface area (Å²) in [6, 6.07) is 6.85. The number of halogens is 3. The monoisotopic (exact) mass is 469 g/mol. The van der Waals surface area contributed by atoms with Crippen molar-refractivity contribution in [1.82, 2.24) is 44.5 Å². The van der Waals surface area contributed by atoms with E-state index in [9.17, 15) is 18.0 Å². The van der Waals surface area contributed by atoms with Crippen LogP contribution in [-0.2, 0) is 12.7 Å². The first kappa shape index (κ1) is 20.1. The molecule has 0 saturated carbocycles. The molecular formula is C20H14F3N9O2. The van der Waals surface area contributed by atoms with Crippen LogP contribution in [0.2, 0.25) is 0 Å². The minimum atomic E-state index is -4.69. The van der Waals surface area contributed by atoms with Crippen molar-refractivity contribution >= 4 is 11.4 Å². The third-order valence-corrected chi connectivity index (χ3v) is 5.55. The van der Waals surface area contributed by atoms with Crippen molar-refractivity contribution < 1.29 is 22.4 Å². The molecule has 6 rings (SSSR count). The van der Waals surface area contributed by atoms with Crippen molar-refractivity contribution in [3.05, 3.63) is 72.2 Å². The highest BCUT2D eigenvalue weighted by Gasteiger charge is 2.38. The maximum absolute atomic E-state index is 13.4. The topological polar surface area (TPSA) is 123 Å². The van der Waals surface area contributed by atoms with Crippen LogP contribution < -0.4 is 0 Å². The molecule has 1 atom stereocenters. The van der Waals surface area contributed by atoms with E-state index in [-0.39, 0.29) is 22.0 Å². The number of pyridine rings is 1. The zero-order chi connectivity index (χ0) is 23.4. The number of hydrogen-bond acceptors (Lipinski definition) is 7. The van der Waals surface area contributed by atoms with E-state index in [1.807, 2.05) is 24.3 Å². The van der Waals surface area contributed by atoms with Crippen molar-refractivity contribution in [1.29, 1.82) is 0 Å². The van der Waals surface area contributed by atoms with Crippen molar-refractivity contribution in [2.75, 3.05) is 6.54 Å². The number of H-pyrrole nitrogens is 1. The van der Waals surface area contributed by atoms with Gasteiger partial charge in [0, 0.05) is 31.1 Å². The van der Waals surface area contributed by atoms with Crippen LogP contribution in [0, 0.1) is 0 Å². The first-order chi connectivity index (χ1) is 16.4. The smallest absolute Gasteiger partial charge is 0.412 e. The van der Waals surface area contributed by atoms with Gasteiger partial charge in [-0.3, -0.25) is 4.79 Å². The second-order valence-electron chi connectivity index (χ2n) is 7.61. The Morgan fingerprint density at radius 2 is 2.12 bits per heavy atom. The maximum Gasteiger partial charge on any atom is 0.504 e. The van der Waals surface area contributed by atoms with E-state index < -0.39 is 18.2 Å². The van der Waals surface area contributed by atoms with E-state index in [2.05, 4.69) is 30.4 Å². The molecule has 14 heteroatoms. The van der Waals surface area contributed by atoms with Gasteiger partial charge < -0.3 is 14.3 Å². The summed E-state index contributed by atoms with van der Waals surface area (Å²) < 4.78 is 45.4. The van der Waals surface area contributed by atoms with Crippen LogP contribution in [0.1, 0.15) is 33.8 Å². The standard InChI is InChI=1S/C20H14F3N9O2/c21-20(22,23)32-9-11(8-26-32)17-27-28-18(34-17)19(33)30-6-4-13-15(25-10-24-13)16(30)14-7-12-3-1-2-5-31(12)29-14/h1-3,5,7-10,16H,4,6H2,(H,24,25)/t16-/m1/s1. The highest BCUT2D eigenvalue weighted by molar-refractivity contribution is 5.90. The SMILES string of the molecule is O=C(c1nnc(-c2cnn(C(F)(F)F)c2)o1)N1CCc2[nH]cnc2[C@H]1c1cc2ccccn2n1. The molecule has 1 amide bonds. The van der Waals surface area contributed by atoms with E-state index in [1.165, 1.54) is 4.90 Å². The van der Waals surface area contributed by atoms with Gasteiger partial charge in [-0.2, -0.15) is 14.9 Å². The fourth-order valence-corrected chi connectivity index (χ4v) is 4.01. The zero-order valence-electron chi connectivity index (χ0n) is 17.1. The number of alkyl halides is 3. The molecule has 0 fully saturated rings. The van der Waals surface area contributed by atoms with Crippen LogP contribution in [-0.4, -0.2) is 56.9 Å². The fourth-order valence-electron chi connectivity index (χ4n) is 4.01. The Kier molecular flexibility index (Phi) is 4.30. The van der Waals surface area contributed by atoms with Gasteiger partial charge in [0.1, 0.15) is 6.04 Å². The summed E-state index contributed by atoms with van der Waals surface area (Å²) in [5.41, 5.74) is 2.91. The Bertz CT molecular complexity index is 1480. The molecule has 1 N–H and O–H groups in total. The lowest BCUT2D eigenvalue weighted by atomic mass is 9.99. The molecular weight excluding hydrogens is 455 g/mol. The molecule has 5 aromatic rings. The number of amides is 1. The van der Waals surface area contributed by atoms with E-state index in [4.69, 9.17) is 4.42 Å². The predicted molar refractivity (Wildman–Crippen MR) is 107 cm³/mol. The summed E-state index contributed by atoms with van der Waals surface area (Å²) in [6.45, 7) is 0.316. The molecule has 11 nitrogen and oxygen atoms in total. The number of nitrogens with one attached hydrogen (secondary N) is 1. The summed E-state index contributed by atoms with van der Waals surface area (Å²) >= 11 is 0. The highest BCUT2D eigenvalue weighted by atomic mass is 19.4. The second kappa shape index (κ2) is 7.26. The predicted octanol–water partition coefficient (Wildman–Crippen LogP) is 2.57. The normalized spacial score (nSPS) is 16.2. The Morgan fingerprint density at radius 1 is 1.24 bits per heavy atom. The molecule has 0 radical (unpaired) electrons.